The number of carbonyl (C=O) groups excluding carboxylic acids is 2. The molecule has 5 nitrogen and oxygen atoms in total. The lowest BCUT2D eigenvalue weighted by atomic mass is 10.1. The van der Waals surface area contributed by atoms with Crippen LogP contribution in [0.1, 0.15) is 35.2 Å². The van der Waals surface area contributed by atoms with Gasteiger partial charge in [-0.05, 0) is 31.9 Å². The lowest BCUT2D eigenvalue weighted by molar-refractivity contribution is -0.121. The van der Waals surface area contributed by atoms with Gasteiger partial charge in [0.1, 0.15) is 5.82 Å². The Labute approximate surface area is 116 Å². The van der Waals surface area contributed by atoms with Crippen molar-refractivity contribution in [3.63, 3.8) is 0 Å². The molecule has 2 rings (SSSR count). The van der Waals surface area contributed by atoms with Gasteiger partial charge in [-0.15, -0.1) is 0 Å². The van der Waals surface area contributed by atoms with E-state index < -0.39 is 11.7 Å². The minimum atomic E-state index is -0.512. The predicted octanol–water partition coefficient (Wildman–Crippen LogP) is 1.11. The molecule has 0 spiro atoms. The van der Waals surface area contributed by atoms with Gasteiger partial charge in [-0.3, -0.25) is 9.59 Å². The Balaban J connectivity index is 1.83. The summed E-state index contributed by atoms with van der Waals surface area (Å²) in [4.78, 5) is 23.2. The molecule has 4 N–H and O–H groups in total. The molecule has 0 aromatic heterocycles. The zero-order valence-electron chi connectivity index (χ0n) is 11.3. The molecule has 0 saturated heterocycles. The van der Waals surface area contributed by atoms with Crippen molar-refractivity contribution in [1.82, 2.24) is 10.6 Å². The van der Waals surface area contributed by atoms with Gasteiger partial charge in [-0.1, -0.05) is 0 Å². The number of anilines is 1. The van der Waals surface area contributed by atoms with Crippen LogP contribution in [0.2, 0.25) is 0 Å². The summed E-state index contributed by atoms with van der Waals surface area (Å²) >= 11 is 0. The van der Waals surface area contributed by atoms with Crippen molar-refractivity contribution in [3.05, 3.63) is 29.1 Å². The maximum absolute atomic E-state index is 13.5. The third-order valence-electron chi connectivity index (χ3n) is 3.23. The van der Waals surface area contributed by atoms with E-state index in [1.807, 2.05) is 0 Å². The Bertz CT molecular complexity index is 518. The Kier molecular flexibility index (Phi) is 4.22. The summed E-state index contributed by atoms with van der Waals surface area (Å²) in [6.07, 6.45) is 2.27. The van der Waals surface area contributed by atoms with Gasteiger partial charge in [-0.2, -0.15) is 0 Å². The van der Waals surface area contributed by atoms with E-state index in [9.17, 15) is 14.0 Å². The van der Waals surface area contributed by atoms with Crippen molar-refractivity contribution in [2.24, 2.45) is 0 Å². The number of rotatable bonds is 5. The molecule has 1 aliphatic carbocycles. The number of hydrogen-bond acceptors (Lipinski definition) is 3. The van der Waals surface area contributed by atoms with E-state index in [0.717, 1.165) is 18.9 Å². The predicted molar refractivity (Wildman–Crippen MR) is 73.7 cm³/mol. The first kappa shape index (κ1) is 14.3. The Morgan fingerprint density at radius 2 is 2.10 bits per heavy atom. The van der Waals surface area contributed by atoms with Crippen LogP contribution in [0.15, 0.2) is 12.1 Å². The first-order valence-electron chi connectivity index (χ1n) is 6.60. The molecule has 20 heavy (non-hydrogen) atoms. The van der Waals surface area contributed by atoms with Gasteiger partial charge in [-0.25, -0.2) is 4.39 Å². The van der Waals surface area contributed by atoms with E-state index in [1.165, 1.54) is 6.07 Å². The fourth-order valence-corrected chi connectivity index (χ4v) is 1.75. The summed E-state index contributed by atoms with van der Waals surface area (Å²) in [5, 5.41) is 5.40. The molecule has 1 aromatic rings. The normalized spacial score (nSPS) is 13.9. The van der Waals surface area contributed by atoms with Crippen LogP contribution < -0.4 is 16.4 Å². The van der Waals surface area contributed by atoms with Gasteiger partial charge in [0.2, 0.25) is 5.91 Å². The summed E-state index contributed by atoms with van der Waals surface area (Å²) in [6, 6.07) is 2.88. The number of benzene rings is 1. The minimum absolute atomic E-state index is 0.0811. The van der Waals surface area contributed by atoms with E-state index in [4.69, 9.17) is 5.73 Å². The van der Waals surface area contributed by atoms with Crippen LogP contribution in [0.4, 0.5) is 10.1 Å². The standard InChI is InChI=1S/C14H18FN3O2/c1-8-11(15)6-9(7-12(8)16)14(20)17-5-4-13(19)18-10-2-3-10/h6-7,10H,2-5,16H2,1H3,(H,17,20)(H,18,19). The smallest absolute Gasteiger partial charge is 0.251 e. The lowest BCUT2D eigenvalue weighted by Crippen LogP contribution is -2.31. The average Bonchev–Trinajstić information content (AvgIpc) is 3.19. The zero-order chi connectivity index (χ0) is 14.7. The number of nitrogen functional groups attached to an aromatic ring is 1. The highest BCUT2D eigenvalue weighted by Gasteiger charge is 2.22. The number of hydrogen-bond donors (Lipinski definition) is 3. The molecule has 0 atom stereocenters. The van der Waals surface area contributed by atoms with E-state index in [0.29, 0.717) is 11.6 Å². The third-order valence-corrected chi connectivity index (χ3v) is 3.23. The molecule has 1 aliphatic rings. The van der Waals surface area contributed by atoms with Gasteiger partial charge in [0.05, 0.1) is 0 Å². The van der Waals surface area contributed by atoms with Crippen molar-refractivity contribution in [1.29, 1.82) is 0 Å². The molecule has 0 heterocycles. The maximum Gasteiger partial charge on any atom is 0.251 e. The molecule has 2 amide bonds. The molecule has 0 radical (unpaired) electrons. The highest BCUT2D eigenvalue weighted by Crippen LogP contribution is 2.19. The van der Waals surface area contributed by atoms with E-state index in [-0.39, 0.29) is 30.1 Å². The van der Waals surface area contributed by atoms with Crippen LogP contribution in [0.5, 0.6) is 0 Å². The summed E-state index contributed by atoms with van der Waals surface area (Å²) < 4.78 is 13.5. The van der Waals surface area contributed by atoms with Crippen molar-refractivity contribution in [3.8, 4) is 0 Å². The number of carbonyl (C=O) groups is 2. The maximum atomic E-state index is 13.5. The Morgan fingerprint density at radius 1 is 1.40 bits per heavy atom. The fourth-order valence-electron chi connectivity index (χ4n) is 1.75. The first-order chi connectivity index (χ1) is 9.47. The van der Waals surface area contributed by atoms with Gasteiger partial charge in [0.25, 0.3) is 5.91 Å². The molecule has 0 bridgehead atoms. The number of halogens is 1. The molecule has 108 valence electrons. The van der Waals surface area contributed by atoms with Crippen LogP contribution in [0.25, 0.3) is 0 Å². The average molecular weight is 279 g/mol. The quantitative estimate of drug-likeness (QED) is 0.706. The van der Waals surface area contributed by atoms with Crippen LogP contribution in [-0.4, -0.2) is 24.4 Å². The molecular weight excluding hydrogens is 261 g/mol. The van der Waals surface area contributed by atoms with E-state index >= 15 is 0 Å². The van der Waals surface area contributed by atoms with Gasteiger partial charge in [0.15, 0.2) is 0 Å². The fraction of sp³-hybridized carbons (Fsp3) is 0.429. The molecular formula is C14H18FN3O2. The van der Waals surface area contributed by atoms with Gasteiger partial charge < -0.3 is 16.4 Å². The number of amides is 2. The van der Waals surface area contributed by atoms with Crippen molar-refractivity contribution >= 4 is 17.5 Å². The highest BCUT2D eigenvalue weighted by atomic mass is 19.1. The number of nitrogens with one attached hydrogen (secondary N) is 2. The van der Waals surface area contributed by atoms with E-state index in [2.05, 4.69) is 10.6 Å². The van der Waals surface area contributed by atoms with Crippen LogP contribution >= 0.6 is 0 Å². The third kappa shape index (κ3) is 3.69. The topological polar surface area (TPSA) is 84.2 Å². The number of nitrogens with two attached hydrogens (primary N) is 1. The second kappa shape index (κ2) is 5.90. The molecule has 1 saturated carbocycles. The SMILES string of the molecule is Cc1c(N)cc(C(=O)NCCC(=O)NC2CC2)cc1F. The largest absolute Gasteiger partial charge is 0.398 e. The summed E-state index contributed by atoms with van der Waals surface area (Å²) in [6.45, 7) is 1.77. The monoisotopic (exact) mass is 279 g/mol. The zero-order valence-corrected chi connectivity index (χ0v) is 11.3. The van der Waals surface area contributed by atoms with Crippen molar-refractivity contribution in [2.75, 3.05) is 12.3 Å². The highest BCUT2D eigenvalue weighted by molar-refractivity contribution is 5.95. The molecule has 0 aliphatic heterocycles. The van der Waals surface area contributed by atoms with Crippen LogP contribution in [0.3, 0.4) is 0 Å². The van der Waals surface area contributed by atoms with Gasteiger partial charge >= 0.3 is 0 Å². The Hall–Kier alpha value is -2.11. The van der Waals surface area contributed by atoms with E-state index in [1.54, 1.807) is 6.92 Å². The Morgan fingerprint density at radius 3 is 2.70 bits per heavy atom. The minimum Gasteiger partial charge on any atom is -0.398 e. The molecule has 1 fully saturated rings. The van der Waals surface area contributed by atoms with Crippen LogP contribution in [-0.2, 0) is 4.79 Å². The second-order valence-electron chi connectivity index (χ2n) is 5.02. The van der Waals surface area contributed by atoms with Crippen molar-refractivity contribution < 1.29 is 14.0 Å². The lowest BCUT2D eigenvalue weighted by Gasteiger charge is -2.08. The summed E-state index contributed by atoms with van der Waals surface area (Å²) in [7, 11) is 0. The summed E-state index contributed by atoms with van der Waals surface area (Å²) in [5.74, 6) is -1.03. The van der Waals surface area contributed by atoms with Crippen LogP contribution in [0, 0.1) is 12.7 Å². The first-order valence-corrected chi connectivity index (χ1v) is 6.60. The molecule has 0 unspecified atom stereocenters. The van der Waals surface area contributed by atoms with Gasteiger partial charge in [0, 0.05) is 35.8 Å². The summed E-state index contributed by atoms with van der Waals surface area (Å²) in [5.41, 5.74) is 6.34. The molecule has 1 aromatic carbocycles. The second-order valence-corrected chi connectivity index (χ2v) is 5.02. The molecule has 6 heteroatoms. The van der Waals surface area contributed by atoms with Crippen molar-refractivity contribution in [2.45, 2.75) is 32.2 Å².